The van der Waals surface area contributed by atoms with Crippen LogP contribution in [0, 0.1) is 13.8 Å². The number of carbonyl (C=O) groups is 1. The van der Waals surface area contributed by atoms with Crippen molar-refractivity contribution in [2.24, 2.45) is 0 Å². The average Bonchev–Trinajstić information content (AvgIpc) is 3.94. The Labute approximate surface area is 279 Å². The maximum Gasteiger partial charge on any atom is 0.347 e. The number of rotatable bonds is 5. The summed E-state index contributed by atoms with van der Waals surface area (Å²) in [6.07, 6.45) is 5.65. The van der Waals surface area contributed by atoms with E-state index in [1.807, 2.05) is 13.0 Å². The Hall–Kier alpha value is -5.06. The molecule has 16 heteroatoms. The maximum absolute atomic E-state index is 12.5. The fraction of sp³-hybridized carbons (Fsp3) is 0.375. The minimum atomic E-state index is -0.300. The van der Waals surface area contributed by atoms with Crippen LogP contribution in [0.1, 0.15) is 59.4 Å². The lowest BCUT2D eigenvalue weighted by molar-refractivity contribution is 0.0129. The topological polar surface area (TPSA) is 182 Å². The van der Waals surface area contributed by atoms with Gasteiger partial charge in [0.2, 0.25) is 11.8 Å². The predicted molar refractivity (Wildman–Crippen MR) is 178 cm³/mol. The SMILES string of the molecule is C1CC2COCCN2C1.Cc1nnc(-c2cccc(C(=O)Nc3nc(C(C)C)c(C)s3)c2)o1.O=c1[nH]nc2c(-c3ncno3)cccn12. The molecule has 8 rings (SSSR count). The summed E-state index contributed by atoms with van der Waals surface area (Å²) in [6, 6.07) is 11.3. The molecule has 48 heavy (non-hydrogen) atoms. The van der Waals surface area contributed by atoms with Gasteiger partial charge in [-0.05, 0) is 62.6 Å². The summed E-state index contributed by atoms with van der Waals surface area (Å²) in [5.41, 5.74) is 3.03. The number of nitrogens with zero attached hydrogens (tertiary/aromatic N) is 8. The summed E-state index contributed by atoms with van der Waals surface area (Å²) in [5.74, 6) is 1.33. The summed E-state index contributed by atoms with van der Waals surface area (Å²) in [5, 5.41) is 21.0. The Morgan fingerprint density at radius 1 is 1.12 bits per heavy atom. The van der Waals surface area contributed by atoms with Crippen LogP contribution in [0.2, 0.25) is 0 Å². The summed E-state index contributed by atoms with van der Waals surface area (Å²) < 4.78 is 17.0. The number of anilines is 1. The van der Waals surface area contributed by atoms with Gasteiger partial charge in [0.1, 0.15) is 0 Å². The van der Waals surface area contributed by atoms with E-state index in [2.05, 4.69) is 59.6 Å². The molecule has 1 unspecified atom stereocenters. The summed E-state index contributed by atoms with van der Waals surface area (Å²) in [7, 11) is 0. The zero-order chi connectivity index (χ0) is 33.6. The van der Waals surface area contributed by atoms with Gasteiger partial charge in [0, 0.05) is 41.7 Å². The highest BCUT2D eigenvalue weighted by molar-refractivity contribution is 7.15. The predicted octanol–water partition coefficient (Wildman–Crippen LogP) is 4.74. The van der Waals surface area contributed by atoms with Crippen LogP contribution in [0.4, 0.5) is 5.13 Å². The second-order valence-electron chi connectivity index (χ2n) is 11.6. The van der Waals surface area contributed by atoms with Gasteiger partial charge in [-0.2, -0.15) is 10.1 Å². The summed E-state index contributed by atoms with van der Waals surface area (Å²) in [4.78, 5) is 35.8. The molecule has 2 fully saturated rings. The number of pyridine rings is 1. The second kappa shape index (κ2) is 14.8. The number of amides is 1. The Kier molecular flexibility index (Phi) is 10.1. The molecule has 5 aromatic heterocycles. The van der Waals surface area contributed by atoms with E-state index in [0.29, 0.717) is 51.1 Å². The molecule has 0 bridgehead atoms. The smallest absolute Gasteiger partial charge is 0.347 e. The third-order valence-electron chi connectivity index (χ3n) is 7.86. The number of ether oxygens (including phenoxy) is 1. The first-order valence-corrected chi connectivity index (χ1v) is 16.4. The van der Waals surface area contributed by atoms with Gasteiger partial charge in [0.25, 0.3) is 11.8 Å². The lowest BCUT2D eigenvalue weighted by atomic mass is 10.1. The van der Waals surface area contributed by atoms with Gasteiger partial charge in [0.15, 0.2) is 17.1 Å². The number of hydrogen-bond acceptors (Lipinski definition) is 13. The van der Waals surface area contributed by atoms with Crippen LogP contribution in [0.15, 0.2) is 62.7 Å². The van der Waals surface area contributed by atoms with Gasteiger partial charge in [-0.1, -0.05) is 25.1 Å². The third kappa shape index (κ3) is 7.56. The lowest BCUT2D eigenvalue weighted by Gasteiger charge is -2.28. The molecule has 6 aromatic rings. The van der Waals surface area contributed by atoms with E-state index in [-0.39, 0.29) is 11.6 Å². The number of benzene rings is 1. The molecule has 2 N–H and O–H groups in total. The molecule has 15 nitrogen and oxygen atoms in total. The number of hydrogen-bond donors (Lipinski definition) is 2. The van der Waals surface area contributed by atoms with E-state index < -0.39 is 0 Å². The zero-order valence-electron chi connectivity index (χ0n) is 27.0. The highest BCUT2D eigenvalue weighted by Crippen LogP contribution is 2.28. The van der Waals surface area contributed by atoms with Gasteiger partial charge in [0.05, 0.1) is 24.5 Å². The molecule has 2 aliphatic rings. The van der Waals surface area contributed by atoms with Crippen LogP contribution in [0.25, 0.3) is 28.6 Å². The monoisotopic (exact) mass is 672 g/mol. The van der Waals surface area contributed by atoms with Crippen molar-refractivity contribution in [2.45, 2.75) is 52.5 Å². The Bertz CT molecular complexity index is 2020. The molecule has 7 heterocycles. The maximum atomic E-state index is 12.5. The number of carbonyl (C=O) groups excluding carboxylic acids is 1. The van der Waals surface area contributed by atoms with Crippen LogP contribution in [-0.4, -0.2) is 83.1 Å². The zero-order valence-corrected chi connectivity index (χ0v) is 27.9. The van der Waals surface area contributed by atoms with Crippen LogP contribution in [0.3, 0.4) is 0 Å². The van der Waals surface area contributed by atoms with Crippen LogP contribution in [0.5, 0.6) is 0 Å². The fourth-order valence-corrected chi connectivity index (χ4v) is 6.51. The first kappa shape index (κ1) is 32.9. The van der Waals surface area contributed by atoms with E-state index in [9.17, 15) is 9.59 Å². The number of aromatic nitrogens is 8. The van der Waals surface area contributed by atoms with E-state index in [1.165, 1.54) is 48.0 Å². The molecule has 0 saturated carbocycles. The Morgan fingerprint density at radius 3 is 2.73 bits per heavy atom. The van der Waals surface area contributed by atoms with E-state index in [1.54, 1.807) is 43.5 Å². The molecule has 0 spiro atoms. The Balaban J connectivity index is 0.000000140. The van der Waals surface area contributed by atoms with Crippen molar-refractivity contribution in [3.8, 4) is 22.9 Å². The molecule has 1 atom stereocenters. The first-order valence-electron chi connectivity index (χ1n) is 15.6. The van der Waals surface area contributed by atoms with Crippen molar-refractivity contribution in [1.29, 1.82) is 0 Å². The number of aromatic amines is 1. The molecular weight excluding hydrogens is 636 g/mol. The van der Waals surface area contributed by atoms with Crippen molar-refractivity contribution < 1.29 is 18.5 Å². The van der Waals surface area contributed by atoms with Crippen molar-refractivity contribution in [3.05, 3.63) is 81.4 Å². The van der Waals surface area contributed by atoms with Crippen LogP contribution in [-0.2, 0) is 4.74 Å². The van der Waals surface area contributed by atoms with Gasteiger partial charge >= 0.3 is 5.69 Å². The molecular formula is C32H36N10O5S. The average molecular weight is 673 g/mol. The van der Waals surface area contributed by atoms with Gasteiger partial charge in [-0.25, -0.2) is 19.3 Å². The molecule has 250 valence electrons. The van der Waals surface area contributed by atoms with Crippen LogP contribution >= 0.6 is 11.3 Å². The largest absolute Gasteiger partial charge is 0.421 e. The first-order chi connectivity index (χ1) is 23.3. The van der Waals surface area contributed by atoms with Crippen molar-refractivity contribution >= 4 is 28.0 Å². The molecule has 0 radical (unpaired) electrons. The summed E-state index contributed by atoms with van der Waals surface area (Å²) >= 11 is 1.49. The number of aryl methyl sites for hydroxylation is 2. The molecule has 1 aromatic carbocycles. The Morgan fingerprint density at radius 2 is 2.00 bits per heavy atom. The fourth-order valence-electron chi connectivity index (χ4n) is 5.54. The lowest BCUT2D eigenvalue weighted by Crippen LogP contribution is -2.40. The van der Waals surface area contributed by atoms with Gasteiger partial charge < -0.3 is 13.7 Å². The van der Waals surface area contributed by atoms with E-state index in [0.717, 1.165) is 29.8 Å². The van der Waals surface area contributed by atoms with Gasteiger partial charge in [-0.3, -0.25) is 15.0 Å². The standard InChI is InChI=1S/C17H18N4O2S.C8H5N5O2.C7H13NO/c1-9(2)14-10(3)24-17(18-14)19-15(22)12-6-5-7-13(8-12)16-21-20-11(4)23-16;14-8-12-11-6-5(2-1-3-13(6)8)7-9-4-10-15-7;1-2-7-6-9-5-4-8(7)3-1/h5-9H,1-4H3,(H,18,19,22);1-4H,(H,12,14);7H,1-6H2. The van der Waals surface area contributed by atoms with E-state index >= 15 is 0 Å². The third-order valence-corrected chi connectivity index (χ3v) is 8.77. The minimum absolute atomic E-state index is 0.211. The number of morpholine rings is 1. The molecule has 2 saturated heterocycles. The number of H-pyrrole nitrogens is 1. The summed E-state index contributed by atoms with van der Waals surface area (Å²) in [6.45, 7) is 12.3. The van der Waals surface area contributed by atoms with Gasteiger partial charge in [-0.15, -0.1) is 21.5 Å². The highest BCUT2D eigenvalue weighted by atomic mass is 32.1. The highest BCUT2D eigenvalue weighted by Gasteiger charge is 2.26. The molecule has 0 aliphatic carbocycles. The van der Waals surface area contributed by atoms with Crippen LogP contribution < -0.4 is 11.0 Å². The minimum Gasteiger partial charge on any atom is -0.421 e. The van der Waals surface area contributed by atoms with Crippen molar-refractivity contribution in [1.82, 2.24) is 44.8 Å². The quantitative estimate of drug-likeness (QED) is 0.257. The number of nitrogens with one attached hydrogen (secondary N) is 2. The molecule has 2 aliphatic heterocycles. The number of thiazole rings is 1. The normalized spacial score (nSPS) is 15.8. The van der Waals surface area contributed by atoms with Crippen molar-refractivity contribution in [3.63, 3.8) is 0 Å². The number of fused-ring (bicyclic) bond motifs is 2. The van der Waals surface area contributed by atoms with E-state index in [4.69, 9.17) is 13.7 Å². The molecule has 1 amide bonds. The van der Waals surface area contributed by atoms with Crippen molar-refractivity contribution in [2.75, 3.05) is 31.6 Å². The second-order valence-corrected chi connectivity index (χ2v) is 12.8.